The van der Waals surface area contributed by atoms with Crippen molar-refractivity contribution in [2.24, 2.45) is 0 Å². The SMILES string of the molecule is CCC/C=C\C=C\COC(C)=O. The number of esters is 1. The quantitative estimate of drug-likeness (QED) is 0.465. The van der Waals surface area contributed by atoms with Gasteiger partial charge in [-0.15, -0.1) is 0 Å². The molecule has 12 heavy (non-hydrogen) atoms. The second-order valence-corrected chi connectivity index (χ2v) is 2.45. The van der Waals surface area contributed by atoms with Crippen molar-refractivity contribution in [1.82, 2.24) is 0 Å². The summed E-state index contributed by atoms with van der Waals surface area (Å²) in [6, 6.07) is 0. The van der Waals surface area contributed by atoms with E-state index in [0.29, 0.717) is 6.61 Å². The molecular formula is C10H16O2. The molecule has 0 spiro atoms. The van der Waals surface area contributed by atoms with Gasteiger partial charge < -0.3 is 4.74 Å². The molecule has 0 aromatic carbocycles. The zero-order valence-electron chi connectivity index (χ0n) is 7.75. The van der Waals surface area contributed by atoms with Crippen LogP contribution in [0.25, 0.3) is 0 Å². The fourth-order valence-electron chi connectivity index (χ4n) is 0.641. The molecule has 68 valence electrons. The first kappa shape index (κ1) is 11.0. The highest BCUT2D eigenvalue weighted by molar-refractivity contribution is 5.65. The predicted molar refractivity (Wildman–Crippen MR) is 49.8 cm³/mol. The molecule has 0 saturated heterocycles. The largest absolute Gasteiger partial charge is 0.462 e. The minimum atomic E-state index is -0.239. The minimum absolute atomic E-state index is 0.239. The number of allylic oxidation sites excluding steroid dienone is 3. The van der Waals surface area contributed by atoms with Crippen LogP contribution in [0.4, 0.5) is 0 Å². The van der Waals surface area contributed by atoms with E-state index in [-0.39, 0.29) is 5.97 Å². The van der Waals surface area contributed by atoms with E-state index in [1.807, 2.05) is 18.2 Å². The highest BCUT2D eigenvalue weighted by atomic mass is 16.5. The van der Waals surface area contributed by atoms with Crippen molar-refractivity contribution < 1.29 is 9.53 Å². The average Bonchev–Trinajstić information content (AvgIpc) is 2.02. The van der Waals surface area contributed by atoms with E-state index >= 15 is 0 Å². The van der Waals surface area contributed by atoms with Crippen molar-refractivity contribution in [3.8, 4) is 0 Å². The van der Waals surface area contributed by atoms with Gasteiger partial charge in [0.25, 0.3) is 0 Å². The van der Waals surface area contributed by atoms with Crippen LogP contribution in [0.1, 0.15) is 26.7 Å². The lowest BCUT2D eigenvalue weighted by atomic mass is 10.3. The summed E-state index contributed by atoms with van der Waals surface area (Å²) >= 11 is 0. The van der Waals surface area contributed by atoms with Gasteiger partial charge in [-0.1, -0.05) is 31.6 Å². The molecule has 0 aromatic heterocycles. The third kappa shape index (κ3) is 8.95. The van der Waals surface area contributed by atoms with Crippen LogP contribution in [0.3, 0.4) is 0 Å². The van der Waals surface area contributed by atoms with Crippen molar-refractivity contribution in [2.75, 3.05) is 6.61 Å². The Labute approximate surface area is 73.9 Å². The maximum atomic E-state index is 10.3. The first-order valence-electron chi connectivity index (χ1n) is 4.22. The monoisotopic (exact) mass is 168 g/mol. The second-order valence-electron chi connectivity index (χ2n) is 2.45. The number of hydrogen-bond acceptors (Lipinski definition) is 2. The van der Waals surface area contributed by atoms with Gasteiger partial charge in [-0.3, -0.25) is 4.79 Å². The van der Waals surface area contributed by atoms with Crippen LogP contribution in [0.15, 0.2) is 24.3 Å². The highest BCUT2D eigenvalue weighted by Crippen LogP contribution is 1.88. The highest BCUT2D eigenvalue weighted by Gasteiger charge is 1.84. The van der Waals surface area contributed by atoms with Gasteiger partial charge >= 0.3 is 5.97 Å². The van der Waals surface area contributed by atoms with E-state index in [4.69, 9.17) is 0 Å². The fraction of sp³-hybridized carbons (Fsp3) is 0.500. The van der Waals surface area contributed by atoms with Gasteiger partial charge in [0.2, 0.25) is 0 Å². The molecule has 0 N–H and O–H groups in total. The van der Waals surface area contributed by atoms with E-state index in [2.05, 4.69) is 17.7 Å². The lowest BCUT2D eigenvalue weighted by Gasteiger charge is -1.92. The Morgan fingerprint density at radius 2 is 2.00 bits per heavy atom. The Kier molecular flexibility index (Phi) is 7.35. The molecule has 2 heteroatoms. The van der Waals surface area contributed by atoms with Crippen LogP contribution in [-0.4, -0.2) is 12.6 Å². The third-order valence-corrected chi connectivity index (χ3v) is 1.22. The molecule has 0 aromatic rings. The lowest BCUT2D eigenvalue weighted by molar-refractivity contribution is -0.139. The fourth-order valence-corrected chi connectivity index (χ4v) is 0.641. The van der Waals surface area contributed by atoms with Crippen LogP contribution in [0.5, 0.6) is 0 Å². The summed E-state index contributed by atoms with van der Waals surface area (Å²) in [4.78, 5) is 10.3. The van der Waals surface area contributed by atoms with E-state index < -0.39 is 0 Å². The van der Waals surface area contributed by atoms with Crippen molar-refractivity contribution >= 4 is 5.97 Å². The van der Waals surface area contributed by atoms with E-state index in [0.717, 1.165) is 12.8 Å². The normalized spacial score (nSPS) is 11.2. The molecule has 0 aliphatic heterocycles. The molecule has 0 rings (SSSR count). The summed E-state index contributed by atoms with van der Waals surface area (Å²) in [6.07, 6.45) is 10.0. The molecule has 0 radical (unpaired) electrons. The Bertz CT molecular complexity index is 169. The predicted octanol–water partition coefficient (Wildman–Crippen LogP) is 2.46. The summed E-state index contributed by atoms with van der Waals surface area (Å²) in [7, 11) is 0. The van der Waals surface area contributed by atoms with E-state index in [9.17, 15) is 4.79 Å². The summed E-state index contributed by atoms with van der Waals surface area (Å²) < 4.78 is 4.69. The molecule has 0 aliphatic carbocycles. The van der Waals surface area contributed by atoms with Crippen LogP contribution < -0.4 is 0 Å². The molecule has 0 fully saturated rings. The summed E-state index contributed by atoms with van der Waals surface area (Å²) in [5.41, 5.74) is 0. The molecule has 2 nitrogen and oxygen atoms in total. The Morgan fingerprint density at radius 1 is 1.33 bits per heavy atom. The van der Waals surface area contributed by atoms with E-state index in [1.165, 1.54) is 6.92 Å². The number of unbranched alkanes of at least 4 members (excludes halogenated alkanes) is 1. The Morgan fingerprint density at radius 3 is 2.58 bits per heavy atom. The van der Waals surface area contributed by atoms with Gasteiger partial charge in [-0.25, -0.2) is 0 Å². The van der Waals surface area contributed by atoms with Gasteiger partial charge in [0.1, 0.15) is 6.61 Å². The maximum Gasteiger partial charge on any atom is 0.302 e. The maximum absolute atomic E-state index is 10.3. The number of carbonyl (C=O) groups is 1. The zero-order chi connectivity index (χ0) is 9.23. The lowest BCUT2D eigenvalue weighted by Crippen LogP contribution is -1.96. The van der Waals surface area contributed by atoms with Crippen LogP contribution in [-0.2, 0) is 9.53 Å². The van der Waals surface area contributed by atoms with Crippen molar-refractivity contribution in [2.45, 2.75) is 26.7 Å². The average molecular weight is 168 g/mol. The standard InChI is InChI=1S/C10H16O2/c1-3-4-5-6-7-8-9-12-10(2)11/h5-8H,3-4,9H2,1-2H3/b6-5-,8-7+. The molecule has 0 aliphatic rings. The minimum Gasteiger partial charge on any atom is -0.462 e. The molecule has 0 amide bonds. The van der Waals surface area contributed by atoms with Crippen molar-refractivity contribution in [3.05, 3.63) is 24.3 Å². The summed E-state index contributed by atoms with van der Waals surface area (Å²) in [5, 5.41) is 0. The Hall–Kier alpha value is -1.05. The second kappa shape index (κ2) is 8.05. The molecule has 0 heterocycles. The molecule has 0 unspecified atom stereocenters. The van der Waals surface area contributed by atoms with E-state index in [1.54, 1.807) is 0 Å². The van der Waals surface area contributed by atoms with Gasteiger partial charge in [-0.2, -0.15) is 0 Å². The van der Waals surface area contributed by atoms with Crippen LogP contribution in [0, 0.1) is 0 Å². The number of ether oxygens (including phenoxy) is 1. The third-order valence-electron chi connectivity index (χ3n) is 1.22. The smallest absolute Gasteiger partial charge is 0.302 e. The molecular weight excluding hydrogens is 152 g/mol. The van der Waals surface area contributed by atoms with Crippen molar-refractivity contribution in [1.29, 1.82) is 0 Å². The van der Waals surface area contributed by atoms with Gasteiger partial charge in [0, 0.05) is 6.92 Å². The Balaban J connectivity index is 3.30. The molecule has 0 atom stereocenters. The summed E-state index contributed by atoms with van der Waals surface area (Å²) in [5.74, 6) is -0.239. The van der Waals surface area contributed by atoms with Crippen LogP contribution >= 0.6 is 0 Å². The number of hydrogen-bond donors (Lipinski definition) is 0. The summed E-state index contributed by atoms with van der Waals surface area (Å²) in [6.45, 7) is 3.90. The van der Waals surface area contributed by atoms with Gasteiger partial charge in [0.15, 0.2) is 0 Å². The topological polar surface area (TPSA) is 26.3 Å². The number of rotatable bonds is 5. The first-order valence-corrected chi connectivity index (χ1v) is 4.22. The van der Waals surface area contributed by atoms with Gasteiger partial charge in [0.05, 0.1) is 0 Å². The van der Waals surface area contributed by atoms with Crippen molar-refractivity contribution in [3.63, 3.8) is 0 Å². The number of carbonyl (C=O) groups excluding carboxylic acids is 1. The molecule has 0 bridgehead atoms. The van der Waals surface area contributed by atoms with Crippen LogP contribution in [0.2, 0.25) is 0 Å². The van der Waals surface area contributed by atoms with Gasteiger partial charge in [-0.05, 0) is 12.5 Å². The molecule has 0 saturated carbocycles. The first-order chi connectivity index (χ1) is 5.77. The zero-order valence-corrected chi connectivity index (χ0v) is 7.75.